The molecule has 1 heterocycles. The molecule has 0 aliphatic carbocycles. The van der Waals surface area contributed by atoms with Crippen LogP contribution >= 0.6 is 0 Å². The van der Waals surface area contributed by atoms with E-state index in [1.165, 1.54) is 4.90 Å². The van der Waals surface area contributed by atoms with Gasteiger partial charge in [-0.1, -0.05) is 0 Å². The third kappa shape index (κ3) is 1.54. The topological polar surface area (TPSA) is 57.7 Å². The molecule has 0 saturated carbocycles. The van der Waals surface area contributed by atoms with E-state index < -0.39 is 6.04 Å². The van der Waals surface area contributed by atoms with Crippen LogP contribution in [-0.4, -0.2) is 47.7 Å². The van der Waals surface area contributed by atoms with Gasteiger partial charge in [-0.2, -0.15) is 0 Å². The summed E-state index contributed by atoms with van der Waals surface area (Å²) in [7, 11) is 1.58. The molecule has 1 unspecified atom stereocenters. The predicted octanol–water partition coefficient (Wildman–Crippen LogP) is -0.142. The van der Waals surface area contributed by atoms with Gasteiger partial charge in [0.25, 0.3) is 5.91 Å². The molecule has 0 radical (unpaired) electrons. The zero-order valence-electron chi connectivity index (χ0n) is 7.69. The Labute approximate surface area is 76.3 Å². The van der Waals surface area contributed by atoms with E-state index in [-0.39, 0.29) is 24.9 Å². The number of urea groups is 1. The van der Waals surface area contributed by atoms with E-state index in [0.29, 0.717) is 6.29 Å². The van der Waals surface area contributed by atoms with Crippen LogP contribution in [0, 0.1) is 0 Å². The molecule has 3 amide bonds. The summed E-state index contributed by atoms with van der Waals surface area (Å²) in [6.07, 6.45) is 0.904. The van der Waals surface area contributed by atoms with Crippen LogP contribution in [0.25, 0.3) is 0 Å². The Morgan fingerprint density at radius 3 is 2.46 bits per heavy atom. The lowest BCUT2D eigenvalue weighted by molar-refractivity contribution is -0.127. The molecule has 1 fully saturated rings. The fraction of sp³-hybridized carbons (Fsp3) is 0.625. The van der Waals surface area contributed by atoms with Crippen molar-refractivity contribution in [1.82, 2.24) is 9.80 Å². The van der Waals surface area contributed by atoms with Gasteiger partial charge in [-0.25, -0.2) is 4.79 Å². The molecule has 1 rings (SSSR count). The standard InChI is InChI=1S/C8H12N2O3/c1-6-7(12)10(4-3-5-11)8(13)9(6)2/h5-6H,3-4H2,1-2H3. The number of aldehydes is 1. The average Bonchev–Trinajstić information content (AvgIpc) is 2.30. The van der Waals surface area contributed by atoms with Crippen LogP contribution in [0.5, 0.6) is 0 Å². The number of hydrogen-bond donors (Lipinski definition) is 0. The minimum absolute atomic E-state index is 0.190. The van der Waals surface area contributed by atoms with Crippen LogP contribution in [0.15, 0.2) is 0 Å². The van der Waals surface area contributed by atoms with Crippen LogP contribution in [0.2, 0.25) is 0 Å². The van der Waals surface area contributed by atoms with Gasteiger partial charge in [-0.3, -0.25) is 9.69 Å². The number of hydrogen-bond acceptors (Lipinski definition) is 3. The van der Waals surface area contributed by atoms with Crippen LogP contribution < -0.4 is 0 Å². The molecule has 13 heavy (non-hydrogen) atoms. The largest absolute Gasteiger partial charge is 0.327 e. The minimum Gasteiger partial charge on any atom is -0.316 e. The molecular formula is C8H12N2O3. The number of carbonyl (C=O) groups is 3. The van der Waals surface area contributed by atoms with Crippen molar-refractivity contribution in [3.8, 4) is 0 Å². The van der Waals surface area contributed by atoms with Crippen LogP contribution in [-0.2, 0) is 9.59 Å². The monoisotopic (exact) mass is 184 g/mol. The van der Waals surface area contributed by atoms with Gasteiger partial charge in [0.05, 0.1) is 0 Å². The summed E-state index contributed by atoms with van der Waals surface area (Å²) in [6.45, 7) is 1.86. The fourth-order valence-electron chi connectivity index (χ4n) is 1.23. The Kier molecular flexibility index (Phi) is 2.65. The van der Waals surface area contributed by atoms with Crippen molar-refractivity contribution < 1.29 is 14.4 Å². The van der Waals surface area contributed by atoms with Crippen LogP contribution in [0.3, 0.4) is 0 Å². The molecule has 1 saturated heterocycles. The van der Waals surface area contributed by atoms with Crippen molar-refractivity contribution in [3.05, 3.63) is 0 Å². The van der Waals surface area contributed by atoms with Gasteiger partial charge in [0.15, 0.2) is 0 Å². The maximum absolute atomic E-state index is 11.4. The molecule has 1 aliphatic rings. The van der Waals surface area contributed by atoms with E-state index in [1.54, 1.807) is 14.0 Å². The molecule has 0 aromatic rings. The molecule has 5 nitrogen and oxygen atoms in total. The highest BCUT2D eigenvalue weighted by atomic mass is 16.2. The van der Waals surface area contributed by atoms with Gasteiger partial charge in [-0.05, 0) is 6.92 Å². The second-order valence-corrected chi connectivity index (χ2v) is 3.01. The van der Waals surface area contributed by atoms with E-state index in [1.807, 2.05) is 0 Å². The van der Waals surface area contributed by atoms with Crippen molar-refractivity contribution in [2.45, 2.75) is 19.4 Å². The Hall–Kier alpha value is -1.39. The summed E-state index contributed by atoms with van der Waals surface area (Å²) in [5.74, 6) is -0.227. The maximum Gasteiger partial charge on any atom is 0.327 e. The normalized spacial score (nSPS) is 22.8. The second-order valence-electron chi connectivity index (χ2n) is 3.01. The molecule has 1 aliphatic heterocycles. The fourth-order valence-corrected chi connectivity index (χ4v) is 1.23. The van der Waals surface area contributed by atoms with Crippen molar-refractivity contribution in [1.29, 1.82) is 0 Å². The zero-order chi connectivity index (χ0) is 10.0. The van der Waals surface area contributed by atoms with E-state index in [9.17, 15) is 14.4 Å². The summed E-state index contributed by atoms with van der Waals surface area (Å²) in [5.41, 5.74) is 0. The first-order valence-corrected chi connectivity index (χ1v) is 4.11. The first-order valence-electron chi connectivity index (χ1n) is 4.11. The van der Waals surface area contributed by atoms with Crippen molar-refractivity contribution in [3.63, 3.8) is 0 Å². The van der Waals surface area contributed by atoms with Gasteiger partial charge in [0.2, 0.25) is 0 Å². The third-order valence-electron chi connectivity index (χ3n) is 2.21. The molecule has 0 aromatic heterocycles. The Bertz CT molecular complexity index is 232. The number of imide groups is 1. The highest BCUT2D eigenvalue weighted by Crippen LogP contribution is 2.14. The smallest absolute Gasteiger partial charge is 0.316 e. The number of nitrogens with zero attached hydrogens (tertiary/aromatic N) is 2. The third-order valence-corrected chi connectivity index (χ3v) is 2.21. The van der Waals surface area contributed by atoms with Crippen molar-refractivity contribution in [2.24, 2.45) is 0 Å². The van der Waals surface area contributed by atoms with Crippen LogP contribution in [0.1, 0.15) is 13.3 Å². The lowest BCUT2D eigenvalue weighted by atomic mass is 10.3. The Morgan fingerprint density at radius 1 is 1.46 bits per heavy atom. The van der Waals surface area contributed by atoms with E-state index in [0.717, 1.165) is 4.90 Å². The second kappa shape index (κ2) is 3.55. The number of carbonyl (C=O) groups excluding carboxylic acids is 3. The average molecular weight is 184 g/mol. The van der Waals surface area contributed by atoms with Gasteiger partial charge in [0.1, 0.15) is 12.3 Å². The SMILES string of the molecule is CC1C(=O)N(CCC=O)C(=O)N1C. The first kappa shape index (κ1) is 9.70. The summed E-state index contributed by atoms with van der Waals surface area (Å²) in [4.78, 5) is 35.3. The Morgan fingerprint density at radius 2 is 2.08 bits per heavy atom. The Balaban J connectivity index is 2.69. The molecule has 1 atom stereocenters. The quantitative estimate of drug-likeness (QED) is 0.453. The summed E-state index contributed by atoms with van der Waals surface area (Å²) in [6, 6.07) is -0.724. The highest BCUT2D eigenvalue weighted by molar-refractivity contribution is 6.03. The van der Waals surface area contributed by atoms with Gasteiger partial charge < -0.3 is 9.69 Å². The molecular weight excluding hydrogens is 172 g/mol. The van der Waals surface area contributed by atoms with Gasteiger partial charge in [-0.15, -0.1) is 0 Å². The first-order chi connectivity index (χ1) is 6.09. The predicted molar refractivity (Wildman–Crippen MR) is 45.0 cm³/mol. The van der Waals surface area contributed by atoms with E-state index in [2.05, 4.69) is 0 Å². The van der Waals surface area contributed by atoms with E-state index >= 15 is 0 Å². The lowest BCUT2D eigenvalue weighted by Crippen LogP contribution is -2.32. The minimum atomic E-state index is -0.404. The van der Waals surface area contributed by atoms with Crippen LogP contribution in [0.4, 0.5) is 4.79 Å². The molecule has 0 aromatic carbocycles. The summed E-state index contributed by atoms with van der Waals surface area (Å²) >= 11 is 0. The van der Waals surface area contributed by atoms with Crippen molar-refractivity contribution in [2.75, 3.05) is 13.6 Å². The molecule has 5 heteroatoms. The van der Waals surface area contributed by atoms with Gasteiger partial charge >= 0.3 is 6.03 Å². The molecule has 0 N–H and O–H groups in total. The lowest BCUT2D eigenvalue weighted by Gasteiger charge is -2.11. The highest BCUT2D eigenvalue weighted by Gasteiger charge is 2.39. The van der Waals surface area contributed by atoms with Crippen molar-refractivity contribution >= 4 is 18.2 Å². The molecule has 0 spiro atoms. The molecule has 0 bridgehead atoms. The zero-order valence-corrected chi connectivity index (χ0v) is 7.69. The van der Waals surface area contributed by atoms with Gasteiger partial charge in [0, 0.05) is 20.0 Å². The summed E-state index contributed by atoms with van der Waals surface area (Å²) in [5, 5.41) is 0. The number of likely N-dealkylation sites (N-methyl/N-ethyl adjacent to an activating group) is 1. The number of amides is 3. The number of rotatable bonds is 3. The maximum atomic E-state index is 11.4. The molecule has 72 valence electrons. The summed E-state index contributed by atoms with van der Waals surface area (Å²) < 4.78 is 0. The van der Waals surface area contributed by atoms with E-state index in [4.69, 9.17) is 0 Å².